The highest BCUT2D eigenvalue weighted by Gasteiger charge is 2.12. The quantitative estimate of drug-likeness (QED) is 0.428. The highest BCUT2D eigenvalue weighted by molar-refractivity contribution is 7.14. The Bertz CT molecular complexity index is 1170. The van der Waals surface area contributed by atoms with E-state index in [9.17, 15) is 4.79 Å². The first-order valence-corrected chi connectivity index (χ1v) is 10.8. The summed E-state index contributed by atoms with van der Waals surface area (Å²) in [5.74, 6) is 1.01. The van der Waals surface area contributed by atoms with Gasteiger partial charge in [0.2, 0.25) is 0 Å². The minimum absolute atomic E-state index is 0.144. The average molecular weight is 455 g/mol. The molecule has 0 aliphatic carbocycles. The molecule has 0 bridgehead atoms. The molecule has 8 nitrogen and oxygen atoms in total. The van der Waals surface area contributed by atoms with E-state index in [0.29, 0.717) is 27.3 Å². The summed E-state index contributed by atoms with van der Waals surface area (Å²) in [6, 6.07) is 14.4. The van der Waals surface area contributed by atoms with Crippen LogP contribution in [-0.2, 0) is 6.61 Å². The molecule has 1 amide bonds. The molecule has 4 aromatic rings. The standard InChI is InChI=1S/C21H19ClN6O2S/c1-13(2)28-19(25-26-27-28)11-30-17-9-5-15(6-10-17)20(29)24-21-23-18(12-31-21)14-3-7-16(22)8-4-14/h3-10,12-13H,11H2,1-2H3,(H,23,24,29). The lowest BCUT2D eigenvalue weighted by atomic mass is 10.2. The van der Waals surface area contributed by atoms with Crippen molar-refractivity contribution in [1.82, 2.24) is 25.2 Å². The molecule has 31 heavy (non-hydrogen) atoms. The number of anilines is 1. The van der Waals surface area contributed by atoms with Crippen LogP contribution >= 0.6 is 22.9 Å². The van der Waals surface area contributed by atoms with Crippen molar-refractivity contribution in [2.24, 2.45) is 0 Å². The van der Waals surface area contributed by atoms with Gasteiger partial charge in [-0.15, -0.1) is 16.4 Å². The lowest BCUT2D eigenvalue weighted by molar-refractivity contribution is 0.102. The third-order valence-corrected chi connectivity index (χ3v) is 5.41. The molecule has 1 N–H and O–H groups in total. The van der Waals surface area contributed by atoms with Crippen LogP contribution in [0.15, 0.2) is 53.9 Å². The van der Waals surface area contributed by atoms with E-state index in [2.05, 4.69) is 25.8 Å². The number of carbonyl (C=O) groups excluding carboxylic acids is 1. The molecule has 0 fully saturated rings. The summed E-state index contributed by atoms with van der Waals surface area (Å²) in [6.45, 7) is 4.23. The summed E-state index contributed by atoms with van der Waals surface area (Å²) < 4.78 is 7.44. The van der Waals surface area contributed by atoms with Crippen molar-refractivity contribution in [3.8, 4) is 17.0 Å². The lowest BCUT2D eigenvalue weighted by Gasteiger charge is -2.09. The zero-order chi connectivity index (χ0) is 21.8. The summed E-state index contributed by atoms with van der Waals surface area (Å²) in [5.41, 5.74) is 2.22. The fourth-order valence-electron chi connectivity index (χ4n) is 2.81. The van der Waals surface area contributed by atoms with Crippen LogP contribution in [0.3, 0.4) is 0 Å². The van der Waals surface area contributed by atoms with Crippen LogP contribution in [0.4, 0.5) is 5.13 Å². The van der Waals surface area contributed by atoms with E-state index in [1.165, 1.54) is 11.3 Å². The van der Waals surface area contributed by atoms with Crippen LogP contribution in [0.5, 0.6) is 5.75 Å². The fourth-order valence-corrected chi connectivity index (χ4v) is 3.65. The van der Waals surface area contributed by atoms with Crippen molar-refractivity contribution in [2.45, 2.75) is 26.5 Å². The molecule has 2 aromatic heterocycles. The van der Waals surface area contributed by atoms with Crippen LogP contribution in [-0.4, -0.2) is 31.1 Å². The second-order valence-electron chi connectivity index (χ2n) is 6.95. The number of hydrogen-bond acceptors (Lipinski definition) is 7. The van der Waals surface area contributed by atoms with E-state index in [0.717, 1.165) is 11.3 Å². The van der Waals surface area contributed by atoms with E-state index in [1.54, 1.807) is 41.1 Å². The van der Waals surface area contributed by atoms with Crippen LogP contribution < -0.4 is 10.1 Å². The van der Waals surface area contributed by atoms with Crippen molar-refractivity contribution in [2.75, 3.05) is 5.32 Å². The van der Waals surface area contributed by atoms with Crippen LogP contribution in [0.2, 0.25) is 5.02 Å². The second kappa shape index (κ2) is 9.23. The Kier molecular flexibility index (Phi) is 6.24. The summed E-state index contributed by atoms with van der Waals surface area (Å²) in [6.07, 6.45) is 0. The topological polar surface area (TPSA) is 94.8 Å². The molecule has 0 spiro atoms. The van der Waals surface area contributed by atoms with Gasteiger partial charge in [0.1, 0.15) is 12.4 Å². The molecule has 158 valence electrons. The van der Waals surface area contributed by atoms with Crippen molar-refractivity contribution >= 4 is 34.0 Å². The molecular weight excluding hydrogens is 436 g/mol. The number of hydrogen-bond donors (Lipinski definition) is 1. The third-order valence-electron chi connectivity index (χ3n) is 4.40. The van der Waals surface area contributed by atoms with E-state index >= 15 is 0 Å². The highest BCUT2D eigenvalue weighted by Crippen LogP contribution is 2.26. The van der Waals surface area contributed by atoms with Crippen molar-refractivity contribution in [3.05, 3.63) is 70.3 Å². The van der Waals surface area contributed by atoms with Crippen molar-refractivity contribution in [1.29, 1.82) is 0 Å². The molecule has 2 heterocycles. The Morgan fingerprint density at radius 2 is 1.90 bits per heavy atom. The Hall–Kier alpha value is -3.30. The van der Waals surface area contributed by atoms with E-state index in [1.807, 2.05) is 31.4 Å². The van der Waals surface area contributed by atoms with Gasteiger partial charge in [0.25, 0.3) is 5.91 Å². The lowest BCUT2D eigenvalue weighted by Crippen LogP contribution is -2.12. The number of benzene rings is 2. The number of aromatic nitrogens is 5. The molecule has 2 aromatic carbocycles. The normalized spacial score (nSPS) is 11.0. The maximum Gasteiger partial charge on any atom is 0.257 e. The first-order valence-electron chi connectivity index (χ1n) is 9.52. The fraction of sp³-hybridized carbons (Fsp3) is 0.190. The number of rotatable bonds is 7. The van der Waals surface area contributed by atoms with Gasteiger partial charge in [0.15, 0.2) is 11.0 Å². The van der Waals surface area contributed by atoms with Crippen molar-refractivity contribution in [3.63, 3.8) is 0 Å². The summed E-state index contributed by atoms with van der Waals surface area (Å²) in [5, 5.41) is 17.5. The number of halogens is 1. The maximum absolute atomic E-state index is 12.5. The average Bonchev–Trinajstić information content (AvgIpc) is 3.43. The van der Waals surface area contributed by atoms with E-state index in [-0.39, 0.29) is 18.6 Å². The third kappa shape index (κ3) is 5.07. The molecular formula is C21H19ClN6O2S. The van der Waals surface area contributed by atoms with Gasteiger partial charge in [-0.25, -0.2) is 9.67 Å². The number of tetrazole rings is 1. The monoisotopic (exact) mass is 454 g/mol. The molecule has 4 rings (SSSR count). The van der Waals surface area contributed by atoms with Gasteiger partial charge in [0, 0.05) is 21.5 Å². The predicted molar refractivity (Wildman–Crippen MR) is 119 cm³/mol. The molecule has 0 saturated heterocycles. The second-order valence-corrected chi connectivity index (χ2v) is 8.24. The minimum atomic E-state index is -0.243. The predicted octanol–water partition coefficient (Wildman–Crippen LogP) is 4.86. The maximum atomic E-state index is 12.5. The Morgan fingerprint density at radius 3 is 2.61 bits per heavy atom. The summed E-state index contributed by atoms with van der Waals surface area (Å²) in [4.78, 5) is 17.0. The largest absolute Gasteiger partial charge is 0.486 e. The zero-order valence-corrected chi connectivity index (χ0v) is 18.4. The number of nitrogens with one attached hydrogen (secondary N) is 1. The van der Waals surface area contributed by atoms with E-state index < -0.39 is 0 Å². The smallest absolute Gasteiger partial charge is 0.257 e. The Morgan fingerprint density at radius 1 is 1.16 bits per heavy atom. The zero-order valence-electron chi connectivity index (χ0n) is 16.8. The first kappa shape index (κ1) is 21.0. The number of amides is 1. The minimum Gasteiger partial charge on any atom is -0.486 e. The first-order chi connectivity index (χ1) is 15.0. The van der Waals surface area contributed by atoms with Crippen LogP contribution in [0, 0.1) is 0 Å². The van der Waals surface area contributed by atoms with Crippen molar-refractivity contribution < 1.29 is 9.53 Å². The van der Waals surface area contributed by atoms with Gasteiger partial charge in [0.05, 0.1) is 11.7 Å². The summed E-state index contributed by atoms with van der Waals surface area (Å²) >= 11 is 7.29. The SMILES string of the molecule is CC(C)n1nnnc1COc1ccc(C(=O)Nc2nc(-c3ccc(Cl)cc3)cs2)cc1. The molecule has 0 saturated carbocycles. The number of thiazole rings is 1. The van der Waals surface area contributed by atoms with Gasteiger partial charge in [-0.2, -0.15) is 0 Å². The molecule has 0 radical (unpaired) electrons. The summed E-state index contributed by atoms with van der Waals surface area (Å²) in [7, 11) is 0. The Labute approximate surface area is 187 Å². The van der Waals surface area contributed by atoms with E-state index in [4.69, 9.17) is 16.3 Å². The molecule has 0 atom stereocenters. The van der Waals surface area contributed by atoms with Gasteiger partial charge in [-0.1, -0.05) is 23.7 Å². The van der Waals surface area contributed by atoms with Gasteiger partial charge < -0.3 is 4.74 Å². The Balaban J connectivity index is 1.36. The van der Waals surface area contributed by atoms with Gasteiger partial charge in [-0.05, 0) is 60.7 Å². The van der Waals surface area contributed by atoms with Crippen LogP contribution in [0.25, 0.3) is 11.3 Å². The van der Waals surface area contributed by atoms with Gasteiger partial charge >= 0.3 is 0 Å². The number of ether oxygens (including phenoxy) is 1. The van der Waals surface area contributed by atoms with Crippen LogP contribution in [0.1, 0.15) is 36.1 Å². The molecule has 0 unspecified atom stereocenters. The highest BCUT2D eigenvalue weighted by atomic mass is 35.5. The molecule has 0 aliphatic heterocycles. The number of carbonyl (C=O) groups is 1. The van der Waals surface area contributed by atoms with Gasteiger partial charge in [-0.3, -0.25) is 10.1 Å². The molecule has 0 aliphatic rings. The molecule has 10 heteroatoms. The number of nitrogens with zero attached hydrogens (tertiary/aromatic N) is 5.